The summed E-state index contributed by atoms with van der Waals surface area (Å²) in [6, 6.07) is -1.20. The van der Waals surface area contributed by atoms with Crippen LogP contribution < -0.4 is 5.32 Å². The Morgan fingerprint density at radius 2 is 2.00 bits per heavy atom. The molecule has 2 fully saturated rings. The standard InChI is InChI=1S/C15H18F3N5O3S/c16-15(17,18)9-23-12(25)8-22(14(23)26)10-1-4-21(5-2-10)7-11(24)20-13-19-3-6-27-13/h3,6,10H,1-2,4-5,7-9H2,(H,19,20,24). The fraction of sp³-hybridized carbons (Fsp3) is 0.600. The number of urea groups is 1. The van der Waals surface area contributed by atoms with Crippen LogP contribution in [0, 0.1) is 0 Å². The number of hydrogen-bond donors (Lipinski definition) is 1. The molecule has 0 spiro atoms. The Morgan fingerprint density at radius 3 is 2.59 bits per heavy atom. The molecular weight excluding hydrogens is 387 g/mol. The van der Waals surface area contributed by atoms with Crippen LogP contribution in [0.2, 0.25) is 0 Å². The summed E-state index contributed by atoms with van der Waals surface area (Å²) in [7, 11) is 0. The first-order valence-corrected chi connectivity index (χ1v) is 9.20. The second kappa shape index (κ2) is 7.80. The summed E-state index contributed by atoms with van der Waals surface area (Å²) in [5.74, 6) is -1.03. The molecule has 0 bridgehead atoms. The molecular formula is C15H18F3N5O3S. The van der Waals surface area contributed by atoms with Gasteiger partial charge in [0.15, 0.2) is 5.13 Å². The number of nitrogens with one attached hydrogen (secondary N) is 1. The highest BCUT2D eigenvalue weighted by molar-refractivity contribution is 7.13. The number of carbonyl (C=O) groups is 3. The summed E-state index contributed by atoms with van der Waals surface area (Å²) in [4.78, 5) is 43.3. The van der Waals surface area contributed by atoms with E-state index in [1.165, 1.54) is 16.2 Å². The molecule has 1 N–H and O–H groups in total. The average Bonchev–Trinajstić information content (AvgIpc) is 3.18. The van der Waals surface area contributed by atoms with Crippen LogP contribution >= 0.6 is 11.3 Å². The Labute approximate surface area is 156 Å². The van der Waals surface area contributed by atoms with Crippen molar-refractivity contribution in [2.24, 2.45) is 0 Å². The number of amides is 4. The Bertz CT molecular complexity index is 704. The Balaban J connectivity index is 1.48. The normalized spacial score (nSPS) is 19.8. The zero-order chi connectivity index (χ0) is 19.6. The van der Waals surface area contributed by atoms with Gasteiger partial charge in [0.25, 0.3) is 5.91 Å². The van der Waals surface area contributed by atoms with Crippen LogP contribution in [0.15, 0.2) is 11.6 Å². The molecule has 27 heavy (non-hydrogen) atoms. The number of aromatic nitrogens is 1. The number of carbonyl (C=O) groups excluding carboxylic acids is 3. The number of thiazole rings is 1. The molecule has 2 aliphatic heterocycles. The third kappa shape index (κ3) is 4.95. The van der Waals surface area contributed by atoms with Gasteiger partial charge < -0.3 is 10.2 Å². The summed E-state index contributed by atoms with van der Waals surface area (Å²) < 4.78 is 37.6. The number of piperidine rings is 1. The molecule has 3 heterocycles. The second-order valence-corrected chi connectivity index (χ2v) is 7.29. The van der Waals surface area contributed by atoms with E-state index >= 15 is 0 Å². The van der Waals surface area contributed by atoms with Crippen molar-refractivity contribution in [1.82, 2.24) is 19.7 Å². The molecule has 0 radical (unpaired) electrons. The fourth-order valence-electron chi connectivity index (χ4n) is 3.22. The maximum absolute atomic E-state index is 12.5. The lowest BCUT2D eigenvalue weighted by molar-refractivity contribution is -0.151. The van der Waals surface area contributed by atoms with Crippen molar-refractivity contribution >= 4 is 34.3 Å². The Morgan fingerprint density at radius 1 is 1.30 bits per heavy atom. The molecule has 0 aliphatic carbocycles. The van der Waals surface area contributed by atoms with Gasteiger partial charge in [0.2, 0.25) is 5.91 Å². The van der Waals surface area contributed by atoms with Crippen molar-refractivity contribution in [2.75, 3.05) is 38.0 Å². The van der Waals surface area contributed by atoms with E-state index in [0.717, 1.165) is 0 Å². The van der Waals surface area contributed by atoms with Crippen LogP contribution in [-0.4, -0.2) is 82.5 Å². The minimum atomic E-state index is -4.62. The number of alkyl halides is 3. The van der Waals surface area contributed by atoms with Crippen LogP contribution in [0.3, 0.4) is 0 Å². The smallest absolute Gasteiger partial charge is 0.312 e. The SMILES string of the molecule is O=C(CN1CCC(N2CC(=O)N(CC(F)(F)F)C2=O)CC1)Nc1nccs1. The van der Waals surface area contributed by atoms with Crippen molar-refractivity contribution in [1.29, 1.82) is 0 Å². The molecule has 0 saturated carbocycles. The Kier molecular flexibility index (Phi) is 5.65. The molecule has 0 unspecified atom stereocenters. The van der Waals surface area contributed by atoms with Gasteiger partial charge in [0.1, 0.15) is 13.1 Å². The molecule has 2 aliphatic rings. The molecule has 0 aromatic carbocycles. The molecule has 3 rings (SSSR count). The molecule has 4 amide bonds. The fourth-order valence-corrected chi connectivity index (χ4v) is 3.76. The minimum Gasteiger partial charge on any atom is -0.312 e. The lowest BCUT2D eigenvalue weighted by Crippen LogP contribution is -2.48. The molecule has 12 heteroatoms. The molecule has 0 atom stereocenters. The van der Waals surface area contributed by atoms with Gasteiger partial charge >= 0.3 is 12.2 Å². The van der Waals surface area contributed by atoms with E-state index in [1.54, 1.807) is 11.6 Å². The van der Waals surface area contributed by atoms with E-state index in [-0.39, 0.29) is 29.9 Å². The number of imide groups is 1. The maximum Gasteiger partial charge on any atom is 0.406 e. The number of likely N-dealkylation sites (tertiary alicyclic amines) is 1. The van der Waals surface area contributed by atoms with Gasteiger partial charge in [-0.15, -0.1) is 11.3 Å². The van der Waals surface area contributed by atoms with Gasteiger partial charge in [-0.1, -0.05) is 0 Å². The predicted octanol–water partition coefficient (Wildman–Crippen LogP) is 1.37. The van der Waals surface area contributed by atoms with Gasteiger partial charge in [-0.25, -0.2) is 9.78 Å². The van der Waals surface area contributed by atoms with E-state index in [1.807, 2.05) is 4.90 Å². The summed E-state index contributed by atoms with van der Waals surface area (Å²) in [6.45, 7) is -0.708. The number of halogens is 3. The van der Waals surface area contributed by atoms with Gasteiger partial charge in [-0.3, -0.25) is 19.4 Å². The highest BCUT2D eigenvalue weighted by Gasteiger charge is 2.45. The van der Waals surface area contributed by atoms with E-state index in [9.17, 15) is 27.6 Å². The summed E-state index contributed by atoms with van der Waals surface area (Å²) in [6.07, 6.45) is -2.05. The molecule has 148 valence electrons. The Hall–Kier alpha value is -2.21. The van der Waals surface area contributed by atoms with Crippen molar-refractivity contribution in [2.45, 2.75) is 25.1 Å². The molecule has 1 aromatic heterocycles. The first kappa shape index (κ1) is 19.5. The lowest BCUT2D eigenvalue weighted by atomic mass is 10.0. The minimum absolute atomic E-state index is 0.166. The van der Waals surface area contributed by atoms with Gasteiger partial charge in [-0.2, -0.15) is 13.2 Å². The van der Waals surface area contributed by atoms with Crippen molar-refractivity contribution < 1.29 is 27.6 Å². The first-order chi connectivity index (χ1) is 12.7. The monoisotopic (exact) mass is 405 g/mol. The van der Waals surface area contributed by atoms with Crippen LogP contribution in [-0.2, 0) is 9.59 Å². The number of nitrogens with zero attached hydrogens (tertiary/aromatic N) is 4. The zero-order valence-corrected chi connectivity index (χ0v) is 15.1. The largest absolute Gasteiger partial charge is 0.406 e. The topological polar surface area (TPSA) is 85.9 Å². The predicted molar refractivity (Wildman–Crippen MR) is 90.1 cm³/mol. The first-order valence-electron chi connectivity index (χ1n) is 8.32. The number of anilines is 1. The number of rotatable bonds is 5. The van der Waals surface area contributed by atoms with E-state index in [4.69, 9.17) is 0 Å². The van der Waals surface area contributed by atoms with Crippen LogP contribution in [0.5, 0.6) is 0 Å². The van der Waals surface area contributed by atoms with Gasteiger partial charge in [-0.05, 0) is 12.8 Å². The molecule has 2 saturated heterocycles. The maximum atomic E-state index is 12.5. The summed E-state index contributed by atoms with van der Waals surface area (Å²) >= 11 is 1.31. The third-order valence-corrected chi connectivity index (χ3v) is 5.15. The van der Waals surface area contributed by atoms with Gasteiger partial charge in [0.05, 0.1) is 6.54 Å². The van der Waals surface area contributed by atoms with Crippen molar-refractivity contribution in [3.63, 3.8) is 0 Å². The third-order valence-electron chi connectivity index (χ3n) is 4.46. The highest BCUT2D eigenvalue weighted by atomic mass is 32.1. The van der Waals surface area contributed by atoms with E-state index in [0.29, 0.717) is 31.1 Å². The van der Waals surface area contributed by atoms with Gasteiger partial charge in [0, 0.05) is 30.7 Å². The van der Waals surface area contributed by atoms with Crippen molar-refractivity contribution in [3.05, 3.63) is 11.6 Å². The van der Waals surface area contributed by atoms with Crippen LogP contribution in [0.4, 0.5) is 23.1 Å². The molecule has 8 nitrogen and oxygen atoms in total. The number of hydrogen-bond acceptors (Lipinski definition) is 6. The van der Waals surface area contributed by atoms with E-state index in [2.05, 4.69) is 10.3 Å². The average molecular weight is 405 g/mol. The zero-order valence-electron chi connectivity index (χ0n) is 14.2. The van der Waals surface area contributed by atoms with E-state index < -0.39 is 24.7 Å². The lowest BCUT2D eigenvalue weighted by Gasteiger charge is -2.35. The summed E-state index contributed by atoms with van der Waals surface area (Å²) in [5.41, 5.74) is 0. The highest BCUT2D eigenvalue weighted by Crippen LogP contribution is 2.25. The van der Waals surface area contributed by atoms with Crippen LogP contribution in [0.25, 0.3) is 0 Å². The quantitative estimate of drug-likeness (QED) is 0.748. The second-order valence-electron chi connectivity index (χ2n) is 6.40. The van der Waals surface area contributed by atoms with Crippen LogP contribution in [0.1, 0.15) is 12.8 Å². The summed E-state index contributed by atoms with van der Waals surface area (Å²) in [5, 5.41) is 4.94. The van der Waals surface area contributed by atoms with Crippen molar-refractivity contribution in [3.8, 4) is 0 Å². The molecule has 1 aromatic rings.